The molecule has 0 aliphatic carbocycles. The fourth-order valence-corrected chi connectivity index (χ4v) is 2.48. The van der Waals surface area contributed by atoms with E-state index in [0.717, 1.165) is 30.0 Å². The minimum absolute atomic E-state index is 0.251. The van der Waals surface area contributed by atoms with Crippen LogP contribution in [0.4, 0.5) is 16.2 Å². The molecule has 1 aliphatic heterocycles. The zero-order chi connectivity index (χ0) is 16.3. The second-order valence-electron chi connectivity index (χ2n) is 6.55. The Kier molecular flexibility index (Phi) is 4.81. The van der Waals surface area contributed by atoms with Gasteiger partial charge in [0.2, 0.25) is 0 Å². The van der Waals surface area contributed by atoms with Gasteiger partial charge in [0.1, 0.15) is 5.60 Å². The summed E-state index contributed by atoms with van der Waals surface area (Å²) in [5, 5.41) is 0. The molecule has 0 unspecified atom stereocenters. The van der Waals surface area contributed by atoms with E-state index in [0.29, 0.717) is 19.6 Å². The Balaban J connectivity index is 1.96. The number of nitrogen functional groups attached to an aromatic ring is 1. The number of hydrogen-bond donors (Lipinski definition) is 2. The summed E-state index contributed by atoms with van der Waals surface area (Å²) >= 11 is 0. The number of hydrogen-bond acceptors (Lipinski definition) is 5. The first kappa shape index (κ1) is 16.4. The van der Waals surface area contributed by atoms with E-state index in [1.807, 2.05) is 39.0 Å². The first-order chi connectivity index (χ1) is 10.3. The first-order valence-corrected chi connectivity index (χ1v) is 7.61. The van der Waals surface area contributed by atoms with E-state index >= 15 is 0 Å². The maximum atomic E-state index is 12.1. The summed E-state index contributed by atoms with van der Waals surface area (Å²) in [5.74, 6) is 0. The zero-order valence-corrected chi connectivity index (χ0v) is 13.6. The second kappa shape index (κ2) is 6.44. The number of carbonyl (C=O) groups excluding carboxylic acids is 1. The van der Waals surface area contributed by atoms with Gasteiger partial charge >= 0.3 is 6.09 Å². The number of carbonyl (C=O) groups is 1. The number of piperazine rings is 1. The van der Waals surface area contributed by atoms with Crippen molar-refractivity contribution in [1.29, 1.82) is 0 Å². The van der Waals surface area contributed by atoms with E-state index < -0.39 is 5.60 Å². The highest BCUT2D eigenvalue weighted by atomic mass is 16.6. The van der Waals surface area contributed by atoms with Gasteiger partial charge in [0.05, 0.1) is 11.4 Å². The van der Waals surface area contributed by atoms with Gasteiger partial charge in [-0.05, 0) is 38.5 Å². The van der Waals surface area contributed by atoms with Crippen molar-refractivity contribution < 1.29 is 9.53 Å². The summed E-state index contributed by atoms with van der Waals surface area (Å²) in [6.45, 7) is 8.86. The van der Waals surface area contributed by atoms with Crippen LogP contribution in [0.2, 0.25) is 0 Å². The standard InChI is InChI=1S/C16H26N4O2/c1-16(2,3)22-15(21)20-8-6-19(7-9-20)14-5-4-12(11-17)10-13(14)18/h4-5,10H,6-9,11,17-18H2,1-3H3. The highest BCUT2D eigenvalue weighted by Crippen LogP contribution is 2.25. The van der Waals surface area contributed by atoms with Gasteiger partial charge in [0.15, 0.2) is 0 Å². The fraction of sp³-hybridized carbons (Fsp3) is 0.562. The lowest BCUT2D eigenvalue weighted by atomic mass is 10.1. The van der Waals surface area contributed by atoms with Crippen molar-refractivity contribution in [2.75, 3.05) is 36.8 Å². The van der Waals surface area contributed by atoms with Gasteiger partial charge in [0, 0.05) is 32.7 Å². The molecule has 122 valence electrons. The molecule has 0 spiro atoms. The summed E-state index contributed by atoms with van der Waals surface area (Å²) in [6, 6.07) is 5.90. The minimum atomic E-state index is -0.462. The number of benzene rings is 1. The molecule has 0 saturated carbocycles. The van der Waals surface area contributed by atoms with Crippen LogP contribution in [0.1, 0.15) is 26.3 Å². The molecule has 6 heteroatoms. The molecule has 6 nitrogen and oxygen atoms in total. The molecule has 1 fully saturated rings. The fourth-order valence-electron chi connectivity index (χ4n) is 2.48. The molecule has 1 amide bonds. The molecule has 0 atom stereocenters. The molecule has 4 N–H and O–H groups in total. The van der Waals surface area contributed by atoms with Gasteiger partial charge in [-0.2, -0.15) is 0 Å². The van der Waals surface area contributed by atoms with E-state index in [2.05, 4.69) is 4.90 Å². The van der Waals surface area contributed by atoms with Crippen LogP contribution < -0.4 is 16.4 Å². The number of nitrogens with two attached hydrogens (primary N) is 2. The highest BCUT2D eigenvalue weighted by Gasteiger charge is 2.26. The average molecular weight is 306 g/mol. The summed E-state index contributed by atoms with van der Waals surface area (Å²) in [7, 11) is 0. The Labute approximate surface area is 132 Å². The SMILES string of the molecule is CC(C)(C)OC(=O)N1CCN(c2ccc(CN)cc2N)CC1. The van der Waals surface area contributed by atoms with Crippen molar-refractivity contribution in [3.8, 4) is 0 Å². The van der Waals surface area contributed by atoms with Gasteiger partial charge in [-0.1, -0.05) is 6.07 Å². The van der Waals surface area contributed by atoms with Crippen molar-refractivity contribution in [2.24, 2.45) is 5.73 Å². The quantitative estimate of drug-likeness (QED) is 0.814. The molecule has 1 aliphatic rings. The second-order valence-corrected chi connectivity index (χ2v) is 6.55. The molecule has 0 aromatic heterocycles. The molecule has 1 aromatic rings. The van der Waals surface area contributed by atoms with Crippen LogP contribution in [-0.4, -0.2) is 42.8 Å². The lowest BCUT2D eigenvalue weighted by Gasteiger charge is -2.37. The van der Waals surface area contributed by atoms with E-state index in [9.17, 15) is 4.79 Å². The maximum absolute atomic E-state index is 12.1. The Hall–Kier alpha value is -1.95. The Morgan fingerprint density at radius 1 is 1.23 bits per heavy atom. The van der Waals surface area contributed by atoms with Crippen LogP contribution in [0, 0.1) is 0 Å². The average Bonchev–Trinajstić information content (AvgIpc) is 2.45. The highest BCUT2D eigenvalue weighted by molar-refractivity contribution is 5.71. The molecule has 22 heavy (non-hydrogen) atoms. The number of amides is 1. The third-order valence-corrected chi connectivity index (χ3v) is 3.60. The normalized spacial score (nSPS) is 15.8. The monoisotopic (exact) mass is 306 g/mol. The minimum Gasteiger partial charge on any atom is -0.444 e. The molecular formula is C16H26N4O2. The molecule has 1 aromatic carbocycles. The molecule has 0 bridgehead atoms. The smallest absolute Gasteiger partial charge is 0.410 e. The van der Waals surface area contributed by atoms with Crippen LogP contribution in [-0.2, 0) is 11.3 Å². The van der Waals surface area contributed by atoms with Gasteiger partial charge in [-0.3, -0.25) is 0 Å². The lowest BCUT2D eigenvalue weighted by molar-refractivity contribution is 0.0240. The summed E-state index contributed by atoms with van der Waals surface area (Å²) < 4.78 is 5.40. The van der Waals surface area contributed by atoms with Crippen molar-refractivity contribution in [3.05, 3.63) is 23.8 Å². The predicted octanol–water partition coefficient (Wildman–Crippen LogP) is 1.78. The molecular weight excluding hydrogens is 280 g/mol. The predicted molar refractivity (Wildman–Crippen MR) is 88.8 cm³/mol. The van der Waals surface area contributed by atoms with E-state index in [1.165, 1.54) is 0 Å². The lowest BCUT2D eigenvalue weighted by Crippen LogP contribution is -2.50. The molecule has 2 rings (SSSR count). The van der Waals surface area contributed by atoms with Crippen LogP contribution in [0.5, 0.6) is 0 Å². The van der Waals surface area contributed by atoms with Crippen molar-refractivity contribution >= 4 is 17.5 Å². The van der Waals surface area contributed by atoms with Gasteiger partial charge in [-0.25, -0.2) is 4.79 Å². The molecule has 1 heterocycles. The zero-order valence-electron chi connectivity index (χ0n) is 13.6. The number of nitrogens with zero attached hydrogens (tertiary/aromatic N) is 2. The van der Waals surface area contributed by atoms with Crippen molar-refractivity contribution in [3.63, 3.8) is 0 Å². The van der Waals surface area contributed by atoms with Gasteiger partial charge in [-0.15, -0.1) is 0 Å². The maximum Gasteiger partial charge on any atom is 0.410 e. The van der Waals surface area contributed by atoms with E-state index in [4.69, 9.17) is 16.2 Å². The Morgan fingerprint density at radius 2 is 1.86 bits per heavy atom. The third-order valence-electron chi connectivity index (χ3n) is 3.60. The summed E-state index contributed by atoms with van der Waals surface area (Å²) in [4.78, 5) is 16.0. The summed E-state index contributed by atoms with van der Waals surface area (Å²) in [6.07, 6.45) is -0.251. The van der Waals surface area contributed by atoms with Crippen molar-refractivity contribution in [1.82, 2.24) is 4.90 Å². The van der Waals surface area contributed by atoms with Crippen LogP contribution in [0.3, 0.4) is 0 Å². The molecule has 0 radical (unpaired) electrons. The van der Waals surface area contributed by atoms with Crippen LogP contribution in [0.15, 0.2) is 18.2 Å². The number of ether oxygens (including phenoxy) is 1. The summed E-state index contributed by atoms with van der Waals surface area (Å²) in [5.41, 5.74) is 14.0. The van der Waals surface area contributed by atoms with Gasteiger partial charge in [0.25, 0.3) is 0 Å². The van der Waals surface area contributed by atoms with Crippen molar-refractivity contribution in [2.45, 2.75) is 32.9 Å². The van der Waals surface area contributed by atoms with Crippen LogP contribution >= 0.6 is 0 Å². The number of anilines is 2. The third kappa shape index (κ3) is 4.04. The number of rotatable bonds is 2. The topological polar surface area (TPSA) is 84.8 Å². The largest absolute Gasteiger partial charge is 0.444 e. The van der Waals surface area contributed by atoms with Crippen LogP contribution in [0.25, 0.3) is 0 Å². The Bertz CT molecular complexity index is 531. The first-order valence-electron chi connectivity index (χ1n) is 7.61. The van der Waals surface area contributed by atoms with E-state index in [-0.39, 0.29) is 6.09 Å². The molecule has 1 saturated heterocycles. The van der Waals surface area contributed by atoms with E-state index in [1.54, 1.807) is 4.90 Å². The Morgan fingerprint density at radius 3 is 2.36 bits per heavy atom. The van der Waals surface area contributed by atoms with Gasteiger partial charge < -0.3 is 26.0 Å².